The van der Waals surface area contributed by atoms with Crippen LogP contribution in [0.4, 0.5) is 0 Å². The number of rotatable bonds is 9. The second-order valence-electron chi connectivity index (χ2n) is 5.71. The van der Waals surface area contributed by atoms with Gasteiger partial charge in [-0.3, -0.25) is 4.79 Å². The Morgan fingerprint density at radius 2 is 1.71 bits per heavy atom. The lowest BCUT2D eigenvalue weighted by molar-refractivity contribution is -0.143. The maximum Gasteiger partial charge on any atom is 0.306 e. The van der Waals surface area contributed by atoms with E-state index in [1.165, 1.54) is 19.3 Å². The Morgan fingerprint density at radius 1 is 1.10 bits per heavy atom. The Kier molecular flexibility index (Phi) is 7.88. The average molecular weight is 292 g/mol. The van der Waals surface area contributed by atoms with Gasteiger partial charge < -0.3 is 9.84 Å². The molecule has 0 aliphatic rings. The highest BCUT2D eigenvalue weighted by molar-refractivity contribution is 5.69. The maximum atomic E-state index is 11.7. The quantitative estimate of drug-likeness (QED) is 0.540. The fourth-order valence-corrected chi connectivity index (χ4v) is 2.40. The van der Waals surface area contributed by atoms with Crippen LogP contribution in [0, 0.1) is 13.8 Å². The molecule has 3 heteroatoms. The Morgan fingerprint density at radius 3 is 2.33 bits per heavy atom. The molecule has 0 bridgehead atoms. The first-order valence-electron chi connectivity index (χ1n) is 7.99. The summed E-state index contributed by atoms with van der Waals surface area (Å²) in [6, 6.07) is 3.86. The third-order valence-corrected chi connectivity index (χ3v) is 3.68. The molecule has 1 aromatic carbocycles. The number of hydrogen-bond acceptors (Lipinski definition) is 3. The zero-order valence-electron chi connectivity index (χ0n) is 13.6. The topological polar surface area (TPSA) is 46.5 Å². The lowest BCUT2D eigenvalue weighted by Gasteiger charge is -2.08. The smallest absolute Gasteiger partial charge is 0.306 e. The van der Waals surface area contributed by atoms with Crippen LogP contribution in [-0.4, -0.2) is 17.7 Å². The van der Waals surface area contributed by atoms with Crippen LogP contribution in [0.15, 0.2) is 12.1 Å². The molecule has 0 amide bonds. The molecule has 0 unspecified atom stereocenters. The van der Waals surface area contributed by atoms with Gasteiger partial charge in [-0.25, -0.2) is 0 Å². The summed E-state index contributed by atoms with van der Waals surface area (Å²) in [6.07, 6.45) is 6.87. The van der Waals surface area contributed by atoms with Crippen LogP contribution in [0.3, 0.4) is 0 Å². The van der Waals surface area contributed by atoms with Gasteiger partial charge >= 0.3 is 5.97 Å². The SMILES string of the molecule is CCCCCCCOC(=O)CCc1cc(C)c(O)c(C)c1. The van der Waals surface area contributed by atoms with E-state index in [4.69, 9.17) is 4.74 Å². The summed E-state index contributed by atoms with van der Waals surface area (Å²) in [5, 5.41) is 9.72. The van der Waals surface area contributed by atoms with Crippen LogP contribution in [0.1, 0.15) is 62.1 Å². The molecule has 0 aromatic heterocycles. The van der Waals surface area contributed by atoms with Crippen molar-refractivity contribution < 1.29 is 14.6 Å². The van der Waals surface area contributed by atoms with Crippen LogP contribution < -0.4 is 0 Å². The van der Waals surface area contributed by atoms with Gasteiger partial charge in [0.05, 0.1) is 6.61 Å². The van der Waals surface area contributed by atoms with Gasteiger partial charge in [0, 0.05) is 6.42 Å². The van der Waals surface area contributed by atoms with E-state index < -0.39 is 0 Å². The van der Waals surface area contributed by atoms with Crippen molar-refractivity contribution in [1.29, 1.82) is 0 Å². The van der Waals surface area contributed by atoms with Gasteiger partial charge in [-0.2, -0.15) is 0 Å². The molecular formula is C18H28O3. The predicted octanol–water partition coefficient (Wildman–Crippen LogP) is 4.46. The fraction of sp³-hybridized carbons (Fsp3) is 0.611. The van der Waals surface area contributed by atoms with Crippen molar-refractivity contribution in [2.24, 2.45) is 0 Å². The van der Waals surface area contributed by atoms with Gasteiger partial charge in [-0.15, -0.1) is 0 Å². The Hall–Kier alpha value is -1.51. The standard InChI is InChI=1S/C18H28O3/c1-4-5-6-7-8-11-21-17(19)10-9-16-12-14(2)18(20)15(3)13-16/h12-13,20H,4-11H2,1-3H3. The number of aromatic hydroxyl groups is 1. The molecule has 1 aromatic rings. The summed E-state index contributed by atoms with van der Waals surface area (Å²) in [5.41, 5.74) is 2.78. The van der Waals surface area contributed by atoms with Crippen LogP contribution in [-0.2, 0) is 16.0 Å². The zero-order valence-corrected chi connectivity index (χ0v) is 13.6. The summed E-state index contributed by atoms with van der Waals surface area (Å²) in [7, 11) is 0. The van der Waals surface area contributed by atoms with E-state index >= 15 is 0 Å². The lowest BCUT2D eigenvalue weighted by atomic mass is 10.0. The molecule has 1 N–H and O–H groups in total. The minimum Gasteiger partial charge on any atom is -0.507 e. The molecule has 21 heavy (non-hydrogen) atoms. The molecule has 0 atom stereocenters. The van der Waals surface area contributed by atoms with Crippen molar-refractivity contribution in [3.63, 3.8) is 0 Å². The van der Waals surface area contributed by atoms with Crippen LogP contribution in [0.5, 0.6) is 5.75 Å². The Labute approximate surface area is 128 Å². The van der Waals surface area contributed by atoms with E-state index in [2.05, 4.69) is 6.92 Å². The summed E-state index contributed by atoms with van der Waals surface area (Å²) in [5.74, 6) is 0.210. The third kappa shape index (κ3) is 6.65. The molecule has 0 fully saturated rings. The first kappa shape index (κ1) is 17.5. The number of phenols is 1. The second kappa shape index (κ2) is 9.43. The minimum atomic E-state index is -0.131. The number of benzene rings is 1. The predicted molar refractivity (Wildman–Crippen MR) is 85.6 cm³/mol. The van der Waals surface area contributed by atoms with E-state index in [0.29, 0.717) is 25.2 Å². The highest BCUT2D eigenvalue weighted by atomic mass is 16.5. The van der Waals surface area contributed by atoms with Gasteiger partial charge in [-0.1, -0.05) is 44.7 Å². The number of hydrogen-bond donors (Lipinski definition) is 1. The van der Waals surface area contributed by atoms with Crippen molar-refractivity contribution in [3.8, 4) is 5.75 Å². The Bertz CT molecular complexity index is 429. The number of aryl methyl sites for hydroxylation is 3. The second-order valence-corrected chi connectivity index (χ2v) is 5.71. The van der Waals surface area contributed by atoms with Gasteiger partial charge in [0.25, 0.3) is 0 Å². The fourth-order valence-electron chi connectivity index (χ4n) is 2.40. The number of carbonyl (C=O) groups is 1. The van der Waals surface area contributed by atoms with E-state index in [0.717, 1.165) is 29.5 Å². The summed E-state index contributed by atoms with van der Waals surface area (Å²) >= 11 is 0. The van der Waals surface area contributed by atoms with E-state index in [-0.39, 0.29) is 5.97 Å². The van der Waals surface area contributed by atoms with Crippen molar-refractivity contribution >= 4 is 5.97 Å². The number of carbonyl (C=O) groups excluding carboxylic acids is 1. The van der Waals surface area contributed by atoms with Crippen LogP contribution >= 0.6 is 0 Å². The highest BCUT2D eigenvalue weighted by Gasteiger charge is 2.07. The van der Waals surface area contributed by atoms with Gasteiger partial charge in [0.1, 0.15) is 5.75 Å². The third-order valence-electron chi connectivity index (χ3n) is 3.68. The first-order valence-corrected chi connectivity index (χ1v) is 7.99. The number of ether oxygens (including phenoxy) is 1. The largest absolute Gasteiger partial charge is 0.507 e. The summed E-state index contributed by atoms with van der Waals surface area (Å²) < 4.78 is 5.24. The zero-order chi connectivity index (χ0) is 15.7. The molecule has 0 radical (unpaired) electrons. The maximum absolute atomic E-state index is 11.7. The van der Waals surface area contributed by atoms with Gasteiger partial charge in [0.2, 0.25) is 0 Å². The molecule has 3 nitrogen and oxygen atoms in total. The lowest BCUT2D eigenvalue weighted by Crippen LogP contribution is -2.07. The van der Waals surface area contributed by atoms with E-state index in [9.17, 15) is 9.90 Å². The minimum absolute atomic E-state index is 0.131. The molecule has 0 spiro atoms. The van der Waals surface area contributed by atoms with E-state index in [1.807, 2.05) is 26.0 Å². The Balaban J connectivity index is 2.24. The highest BCUT2D eigenvalue weighted by Crippen LogP contribution is 2.23. The number of unbranched alkanes of at least 4 members (excludes halogenated alkanes) is 4. The molecule has 118 valence electrons. The molecule has 0 aliphatic heterocycles. The van der Waals surface area contributed by atoms with Crippen molar-refractivity contribution in [2.45, 2.75) is 65.7 Å². The van der Waals surface area contributed by atoms with Crippen molar-refractivity contribution in [2.75, 3.05) is 6.61 Å². The molecule has 0 heterocycles. The summed E-state index contributed by atoms with van der Waals surface area (Å²) in [6.45, 7) is 6.48. The summed E-state index contributed by atoms with van der Waals surface area (Å²) in [4.78, 5) is 11.7. The monoisotopic (exact) mass is 292 g/mol. The average Bonchev–Trinajstić information content (AvgIpc) is 2.46. The molecule has 1 rings (SSSR count). The molecular weight excluding hydrogens is 264 g/mol. The number of esters is 1. The number of phenolic OH excluding ortho intramolecular Hbond substituents is 1. The van der Waals surface area contributed by atoms with Crippen LogP contribution in [0.25, 0.3) is 0 Å². The van der Waals surface area contributed by atoms with Gasteiger partial charge in [0.15, 0.2) is 0 Å². The molecule has 0 saturated heterocycles. The van der Waals surface area contributed by atoms with Crippen molar-refractivity contribution in [1.82, 2.24) is 0 Å². The van der Waals surface area contributed by atoms with Gasteiger partial charge in [-0.05, 0) is 43.4 Å². The molecule has 0 aliphatic carbocycles. The van der Waals surface area contributed by atoms with E-state index in [1.54, 1.807) is 0 Å². The normalized spacial score (nSPS) is 10.6. The van der Waals surface area contributed by atoms with Crippen molar-refractivity contribution in [3.05, 3.63) is 28.8 Å². The molecule has 0 saturated carbocycles. The van der Waals surface area contributed by atoms with Crippen LogP contribution in [0.2, 0.25) is 0 Å². The first-order chi connectivity index (χ1) is 10.0.